The number of guanidine groups is 1. The van der Waals surface area contributed by atoms with E-state index in [0.29, 0.717) is 12.5 Å². The molecule has 0 aliphatic carbocycles. The van der Waals surface area contributed by atoms with Crippen LogP contribution < -0.4 is 15.5 Å². The standard InChI is InChI=1S/C16H28N4/c1-6-17-16(18-11-13(2)3)19-12-14-8-7-9-15(10-14)20(4)5/h7-10,13H,6,11-12H2,1-5H3,(H2,17,18,19). The van der Waals surface area contributed by atoms with E-state index < -0.39 is 0 Å². The zero-order chi connectivity index (χ0) is 15.0. The highest BCUT2D eigenvalue weighted by Crippen LogP contribution is 2.13. The first-order valence-corrected chi connectivity index (χ1v) is 7.31. The molecule has 1 aromatic carbocycles. The first-order chi connectivity index (χ1) is 9.52. The molecule has 4 heteroatoms. The van der Waals surface area contributed by atoms with E-state index in [1.807, 2.05) is 0 Å². The monoisotopic (exact) mass is 276 g/mol. The van der Waals surface area contributed by atoms with Crippen molar-refractivity contribution < 1.29 is 0 Å². The molecule has 0 unspecified atom stereocenters. The van der Waals surface area contributed by atoms with Crippen molar-refractivity contribution in [3.63, 3.8) is 0 Å². The van der Waals surface area contributed by atoms with Gasteiger partial charge >= 0.3 is 0 Å². The molecule has 0 amide bonds. The van der Waals surface area contributed by atoms with Crippen molar-refractivity contribution in [2.45, 2.75) is 27.3 Å². The van der Waals surface area contributed by atoms with Gasteiger partial charge in [-0.25, -0.2) is 4.99 Å². The van der Waals surface area contributed by atoms with Crippen LogP contribution in [0.25, 0.3) is 0 Å². The van der Waals surface area contributed by atoms with Gasteiger partial charge in [-0.1, -0.05) is 26.0 Å². The molecule has 0 aliphatic heterocycles. The number of hydrogen-bond donors (Lipinski definition) is 2. The van der Waals surface area contributed by atoms with Crippen molar-refractivity contribution in [3.8, 4) is 0 Å². The summed E-state index contributed by atoms with van der Waals surface area (Å²) in [6.07, 6.45) is 0. The molecule has 0 radical (unpaired) electrons. The van der Waals surface area contributed by atoms with Crippen LogP contribution in [0.4, 0.5) is 5.69 Å². The van der Waals surface area contributed by atoms with Crippen molar-refractivity contribution in [3.05, 3.63) is 29.8 Å². The van der Waals surface area contributed by atoms with Crippen LogP contribution in [0.1, 0.15) is 26.3 Å². The van der Waals surface area contributed by atoms with Gasteiger partial charge in [0.1, 0.15) is 0 Å². The lowest BCUT2D eigenvalue weighted by Crippen LogP contribution is -2.39. The molecule has 0 spiro atoms. The third-order valence-corrected chi connectivity index (χ3v) is 2.87. The number of aliphatic imine (C=N–C) groups is 1. The lowest BCUT2D eigenvalue weighted by Gasteiger charge is -2.14. The van der Waals surface area contributed by atoms with Gasteiger partial charge in [-0.2, -0.15) is 0 Å². The molecule has 2 N–H and O–H groups in total. The lowest BCUT2D eigenvalue weighted by atomic mass is 10.2. The van der Waals surface area contributed by atoms with E-state index in [4.69, 9.17) is 0 Å². The predicted octanol–water partition coefficient (Wildman–Crippen LogP) is 2.46. The van der Waals surface area contributed by atoms with Crippen molar-refractivity contribution in [1.82, 2.24) is 10.6 Å². The Bertz CT molecular complexity index is 424. The molecule has 0 aliphatic rings. The molecule has 0 saturated heterocycles. The second-order valence-corrected chi connectivity index (χ2v) is 5.53. The molecular formula is C16H28N4. The van der Waals surface area contributed by atoms with Gasteiger partial charge in [-0.15, -0.1) is 0 Å². The quantitative estimate of drug-likeness (QED) is 0.619. The topological polar surface area (TPSA) is 39.7 Å². The first-order valence-electron chi connectivity index (χ1n) is 7.31. The lowest BCUT2D eigenvalue weighted by molar-refractivity contribution is 0.615. The Morgan fingerprint density at radius 3 is 2.60 bits per heavy atom. The molecule has 112 valence electrons. The summed E-state index contributed by atoms with van der Waals surface area (Å²) in [6, 6.07) is 8.47. The van der Waals surface area contributed by atoms with E-state index in [1.165, 1.54) is 11.3 Å². The molecule has 1 rings (SSSR count). The second kappa shape index (κ2) is 8.46. The molecule has 0 atom stereocenters. The predicted molar refractivity (Wildman–Crippen MR) is 88.4 cm³/mol. The molecule has 0 heterocycles. The number of nitrogens with zero attached hydrogens (tertiary/aromatic N) is 2. The Labute approximate surface area is 123 Å². The highest BCUT2D eigenvalue weighted by Gasteiger charge is 2.00. The van der Waals surface area contributed by atoms with E-state index in [0.717, 1.165) is 19.0 Å². The average Bonchev–Trinajstić information content (AvgIpc) is 2.42. The van der Waals surface area contributed by atoms with Crippen LogP contribution >= 0.6 is 0 Å². The summed E-state index contributed by atoms with van der Waals surface area (Å²) >= 11 is 0. The fourth-order valence-corrected chi connectivity index (χ4v) is 1.75. The maximum Gasteiger partial charge on any atom is 0.191 e. The molecule has 0 fully saturated rings. The van der Waals surface area contributed by atoms with E-state index in [9.17, 15) is 0 Å². The van der Waals surface area contributed by atoms with Gasteiger partial charge in [-0.05, 0) is 30.5 Å². The van der Waals surface area contributed by atoms with Crippen molar-refractivity contribution in [2.75, 3.05) is 32.1 Å². The Balaban J connectivity index is 2.68. The summed E-state index contributed by atoms with van der Waals surface area (Å²) in [4.78, 5) is 6.74. The third kappa shape index (κ3) is 5.95. The number of nitrogens with one attached hydrogen (secondary N) is 2. The second-order valence-electron chi connectivity index (χ2n) is 5.53. The van der Waals surface area contributed by atoms with E-state index in [-0.39, 0.29) is 0 Å². The van der Waals surface area contributed by atoms with Gasteiger partial charge in [0, 0.05) is 32.9 Å². The molecule has 0 bridgehead atoms. The highest BCUT2D eigenvalue weighted by molar-refractivity contribution is 5.79. The zero-order valence-electron chi connectivity index (χ0n) is 13.4. The Morgan fingerprint density at radius 1 is 1.25 bits per heavy atom. The summed E-state index contributed by atoms with van der Waals surface area (Å²) in [6.45, 7) is 8.97. The SMILES string of the molecule is CCNC(=NCc1cccc(N(C)C)c1)NCC(C)C. The largest absolute Gasteiger partial charge is 0.378 e. The molecule has 0 saturated carbocycles. The number of benzene rings is 1. The highest BCUT2D eigenvalue weighted by atomic mass is 15.2. The molecule has 1 aromatic rings. The molecule has 4 nitrogen and oxygen atoms in total. The smallest absolute Gasteiger partial charge is 0.191 e. The van der Waals surface area contributed by atoms with Gasteiger partial charge in [0.15, 0.2) is 5.96 Å². The zero-order valence-corrected chi connectivity index (χ0v) is 13.4. The summed E-state index contributed by atoms with van der Waals surface area (Å²) in [7, 11) is 4.10. The van der Waals surface area contributed by atoms with Crippen LogP contribution in [0, 0.1) is 5.92 Å². The van der Waals surface area contributed by atoms with E-state index in [1.54, 1.807) is 0 Å². The van der Waals surface area contributed by atoms with Crippen LogP contribution in [-0.2, 0) is 6.54 Å². The minimum atomic E-state index is 0.607. The van der Waals surface area contributed by atoms with E-state index >= 15 is 0 Å². The van der Waals surface area contributed by atoms with Crippen LogP contribution in [-0.4, -0.2) is 33.1 Å². The van der Waals surface area contributed by atoms with Crippen molar-refractivity contribution in [2.24, 2.45) is 10.9 Å². The van der Waals surface area contributed by atoms with Crippen LogP contribution in [0.5, 0.6) is 0 Å². The van der Waals surface area contributed by atoms with E-state index in [2.05, 4.69) is 79.7 Å². The summed E-state index contributed by atoms with van der Waals surface area (Å²) < 4.78 is 0. The van der Waals surface area contributed by atoms with Gasteiger partial charge in [0.2, 0.25) is 0 Å². The maximum atomic E-state index is 4.63. The van der Waals surface area contributed by atoms with Crippen LogP contribution in [0.15, 0.2) is 29.3 Å². The Kier molecular flexibility index (Phi) is 6.91. The average molecular weight is 276 g/mol. The molecular weight excluding hydrogens is 248 g/mol. The van der Waals surface area contributed by atoms with Gasteiger partial charge in [0.05, 0.1) is 6.54 Å². The minimum absolute atomic E-state index is 0.607. The van der Waals surface area contributed by atoms with Crippen molar-refractivity contribution >= 4 is 11.6 Å². The summed E-state index contributed by atoms with van der Waals surface area (Å²) in [5.41, 5.74) is 2.43. The maximum absolute atomic E-state index is 4.63. The number of hydrogen-bond acceptors (Lipinski definition) is 2. The fourth-order valence-electron chi connectivity index (χ4n) is 1.75. The fraction of sp³-hybridized carbons (Fsp3) is 0.562. The molecule has 0 aromatic heterocycles. The van der Waals surface area contributed by atoms with Gasteiger partial charge in [0.25, 0.3) is 0 Å². The van der Waals surface area contributed by atoms with Crippen molar-refractivity contribution in [1.29, 1.82) is 0 Å². The number of rotatable bonds is 6. The number of anilines is 1. The molecule has 20 heavy (non-hydrogen) atoms. The Morgan fingerprint density at radius 2 is 2.00 bits per heavy atom. The van der Waals surface area contributed by atoms with Crippen LogP contribution in [0.3, 0.4) is 0 Å². The Hall–Kier alpha value is -1.71. The van der Waals surface area contributed by atoms with Crippen LogP contribution in [0.2, 0.25) is 0 Å². The summed E-state index contributed by atoms with van der Waals surface area (Å²) in [5, 5.41) is 6.63. The third-order valence-electron chi connectivity index (χ3n) is 2.87. The van der Waals surface area contributed by atoms with Gasteiger partial charge in [-0.3, -0.25) is 0 Å². The summed E-state index contributed by atoms with van der Waals surface area (Å²) in [5.74, 6) is 1.49. The first kappa shape index (κ1) is 16.3. The minimum Gasteiger partial charge on any atom is -0.378 e. The van der Waals surface area contributed by atoms with Gasteiger partial charge < -0.3 is 15.5 Å². The normalized spacial score (nSPS) is 11.6.